The minimum absolute atomic E-state index is 0.0421. The van der Waals surface area contributed by atoms with E-state index in [1.807, 2.05) is 51.8 Å². The van der Waals surface area contributed by atoms with Crippen LogP contribution in [0.1, 0.15) is 101 Å². The van der Waals surface area contributed by atoms with Gasteiger partial charge in [-0.3, -0.25) is 28.9 Å². The highest BCUT2D eigenvalue weighted by Crippen LogP contribution is 2.30. The fraction of sp³-hybridized carbons (Fsp3) is 0.641. The maximum absolute atomic E-state index is 14.0. The van der Waals surface area contributed by atoms with Crippen molar-refractivity contribution in [3.63, 3.8) is 0 Å². The standard InChI is InChI=1S/C39H61N5O8S/c1-10-12-17-43(7)23-34(46)42-35(26(5)11-2)38(48)44(8)32(25(3)4)22-33(51-9)37-41-31(24-53-37)36(47)40-29(20-27(6)39(49)50)21-28-13-15-30(16-14-28)52-19-18-45/h13-16,18,24-27,29,32-33,35H,10-12,17,19-23H2,1-9H3,(H,40,47)(H,42,46)(H,49,50)/t26?,27-,29+,32?,33?,35-/m0/s1. The van der Waals surface area contributed by atoms with E-state index in [1.54, 1.807) is 43.5 Å². The molecule has 3 amide bonds. The van der Waals surface area contributed by atoms with Gasteiger partial charge in [0.15, 0.2) is 6.29 Å². The van der Waals surface area contributed by atoms with Gasteiger partial charge in [0.05, 0.1) is 12.5 Å². The second-order valence-electron chi connectivity index (χ2n) is 14.3. The Morgan fingerprint density at radius 1 is 1.02 bits per heavy atom. The smallest absolute Gasteiger partial charge is 0.306 e. The molecular formula is C39H61N5O8S. The third-order valence-corrected chi connectivity index (χ3v) is 10.5. The lowest BCUT2D eigenvalue weighted by Gasteiger charge is -2.37. The molecule has 13 nitrogen and oxygen atoms in total. The lowest BCUT2D eigenvalue weighted by atomic mass is 9.93. The number of unbranched alkanes of at least 4 members (excludes halogenated alkanes) is 1. The van der Waals surface area contributed by atoms with E-state index in [0.29, 0.717) is 36.3 Å². The van der Waals surface area contributed by atoms with Gasteiger partial charge in [-0.1, -0.05) is 66.5 Å². The van der Waals surface area contributed by atoms with E-state index in [0.717, 1.165) is 24.9 Å². The monoisotopic (exact) mass is 759 g/mol. The summed E-state index contributed by atoms with van der Waals surface area (Å²) in [5.41, 5.74) is 1.05. The average Bonchev–Trinajstić information content (AvgIpc) is 3.62. The lowest BCUT2D eigenvalue weighted by Crippen LogP contribution is -2.55. The van der Waals surface area contributed by atoms with Crippen LogP contribution >= 0.6 is 11.3 Å². The van der Waals surface area contributed by atoms with Crippen molar-refractivity contribution in [2.24, 2.45) is 17.8 Å². The Morgan fingerprint density at radius 2 is 1.70 bits per heavy atom. The normalized spacial score (nSPS) is 14.8. The van der Waals surface area contributed by atoms with Crippen LogP contribution in [0.5, 0.6) is 5.75 Å². The minimum atomic E-state index is -0.961. The van der Waals surface area contributed by atoms with Crippen LogP contribution in [0.3, 0.4) is 0 Å². The molecule has 0 aliphatic heterocycles. The first-order valence-corrected chi connectivity index (χ1v) is 19.4. The van der Waals surface area contributed by atoms with Crippen molar-refractivity contribution in [3.8, 4) is 5.75 Å². The molecule has 2 aromatic rings. The molecule has 3 unspecified atom stereocenters. The molecule has 1 aromatic heterocycles. The summed E-state index contributed by atoms with van der Waals surface area (Å²) in [6.07, 6.45) is 3.87. The molecule has 0 spiro atoms. The van der Waals surface area contributed by atoms with Crippen molar-refractivity contribution >= 4 is 41.3 Å². The molecule has 0 bridgehead atoms. The summed E-state index contributed by atoms with van der Waals surface area (Å²) in [5.74, 6) is -1.95. The summed E-state index contributed by atoms with van der Waals surface area (Å²) in [4.78, 5) is 71.2. The van der Waals surface area contributed by atoms with E-state index in [-0.39, 0.29) is 55.0 Å². The number of nitrogens with zero attached hydrogens (tertiary/aromatic N) is 3. The molecule has 6 atom stereocenters. The fourth-order valence-corrected chi connectivity index (χ4v) is 6.98. The molecule has 1 heterocycles. The van der Waals surface area contributed by atoms with E-state index in [2.05, 4.69) is 22.5 Å². The van der Waals surface area contributed by atoms with Crippen molar-refractivity contribution in [2.45, 2.75) is 104 Å². The molecule has 14 heteroatoms. The Labute approximate surface area is 319 Å². The Kier molecular flexibility index (Phi) is 19.7. The molecule has 53 heavy (non-hydrogen) atoms. The van der Waals surface area contributed by atoms with Gasteiger partial charge < -0.3 is 30.1 Å². The van der Waals surface area contributed by atoms with Crippen LogP contribution in [-0.4, -0.2) is 109 Å². The minimum Gasteiger partial charge on any atom is -0.486 e. The molecule has 0 saturated carbocycles. The highest BCUT2D eigenvalue weighted by Gasteiger charge is 2.35. The first-order chi connectivity index (χ1) is 25.1. The number of hydrogen-bond donors (Lipinski definition) is 3. The molecule has 0 saturated heterocycles. The van der Waals surface area contributed by atoms with Crippen LogP contribution in [0.4, 0.5) is 0 Å². The number of aromatic nitrogens is 1. The number of ether oxygens (including phenoxy) is 2. The maximum Gasteiger partial charge on any atom is 0.306 e. The Bertz CT molecular complexity index is 1450. The molecule has 3 N–H and O–H groups in total. The summed E-state index contributed by atoms with van der Waals surface area (Å²) in [6.45, 7) is 12.7. The fourth-order valence-electron chi connectivity index (χ4n) is 6.09. The third kappa shape index (κ3) is 14.8. The second kappa shape index (κ2) is 23.0. The van der Waals surface area contributed by atoms with Crippen LogP contribution in [0.2, 0.25) is 0 Å². The Balaban J connectivity index is 2.21. The zero-order valence-corrected chi connectivity index (χ0v) is 33.7. The first-order valence-electron chi connectivity index (χ1n) is 18.6. The summed E-state index contributed by atoms with van der Waals surface area (Å²) in [7, 11) is 5.24. The van der Waals surface area contributed by atoms with E-state index >= 15 is 0 Å². The molecule has 0 fully saturated rings. The van der Waals surface area contributed by atoms with E-state index < -0.39 is 36.0 Å². The number of carboxylic acids is 1. The first kappa shape index (κ1) is 45.3. The van der Waals surface area contributed by atoms with Crippen molar-refractivity contribution < 1.29 is 38.6 Å². The molecule has 2 rings (SSSR count). The van der Waals surface area contributed by atoms with Gasteiger partial charge in [-0.25, -0.2) is 4.98 Å². The number of hydrogen-bond acceptors (Lipinski definition) is 10. The van der Waals surface area contributed by atoms with E-state index in [1.165, 1.54) is 11.3 Å². The molecule has 296 valence electrons. The Morgan fingerprint density at radius 3 is 2.26 bits per heavy atom. The van der Waals surface area contributed by atoms with Gasteiger partial charge in [-0.05, 0) is 62.4 Å². The van der Waals surface area contributed by atoms with Gasteiger partial charge in [0, 0.05) is 38.0 Å². The number of carboxylic acid groups (broad SMARTS) is 1. The third-order valence-electron chi connectivity index (χ3n) is 9.61. The van der Waals surface area contributed by atoms with Crippen LogP contribution < -0.4 is 15.4 Å². The number of methoxy groups -OCH3 is 1. The maximum atomic E-state index is 14.0. The van der Waals surface area contributed by atoms with Crippen LogP contribution in [0.15, 0.2) is 29.6 Å². The quantitative estimate of drug-likeness (QED) is 0.117. The van der Waals surface area contributed by atoms with Crippen LogP contribution in [0.25, 0.3) is 0 Å². The van der Waals surface area contributed by atoms with Crippen molar-refractivity contribution in [1.29, 1.82) is 0 Å². The number of nitrogens with one attached hydrogen (secondary N) is 2. The van der Waals surface area contributed by atoms with Crippen molar-refractivity contribution in [2.75, 3.05) is 40.9 Å². The topological polar surface area (TPSA) is 167 Å². The number of carbonyl (C=O) groups excluding carboxylic acids is 4. The Hall–Kier alpha value is -3.88. The zero-order chi connectivity index (χ0) is 39.7. The number of carbonyl (C=O) groups is 5. The van der Waals surface area contributed by atoms with Crippen LogP contribution in [0, 0.1) is 17.8 Å². The lowest BCUT2D eigenvalue weighted by molar-refractivity contribution is -0.141. The number of thiazole rings is 1. The molecule has 0 aliphatic carbocycles. The number of amides is 3. The largest absolute Gasteiger partial charge is 0.486 e. The predicted octanol–water partition coefficient (Wildman–Crippen LogP) is 5.00. The molecular weight excluding hydrogens is 699 g/mol. The molecule has 1 aromatic carbocycles. The summed E-state index contributed by atoms with van der Waals surface area (Å²) in [6, 6.07) is 5.63. The average molecular weight is 760 g/mol. The molecule has 0 aliphatic rings. The summed E-state index contributed by atoms with van der Waals surface area (Å²) < 4.78 is 11.2. The molecule has 0 radical (unpaired) electrons. The van der Waals surface area contributed by atoms with E-state index in [9.17, 15) is 29.1 Å². The van der Waals surface area contributed by atoms with Crippen molar-refractivity contribution in [3.05, 3.63) is 45.9 Å². The highest BCUT2D eigenvalue weighted by molar-refractivity contribution is 7.09. The summed E-state index contributed by atoms with van der Waals surface area (Å²) in [5, 5.41) is 17.8. The van der Waals surface area contributed by atoms with Gasteiger partial charge in [-0.15, -0.1) is 11.3 Å². The van der Waals surface area contributed by atoms with Gasteiger partial charge in [0.25, 0.3) is 5.91 Å². The predicted molar refractivity (Wildman–Crippen MR) is 206 cm³/mol. The number of aliphatic carboxylic acids is 1. The van der Waals surface area contributed by atoms with Gasteiger partial charge in [-0.2, -0.15) is 0 Å². The van der Waals surface area contributed by atoms with Crippen LogP contribution in [-0.2, 0) is 30.3 Å². The second-order valence-corrected chi connectivity index (χ2v) is 15.2. The number of benzene rings is 1. The SMILES string of the molecule is CCCCN(C)CC(=O)N[C@H](C(=O)N(C)C(CC(OC)c1nc(C(=O)N[C@@H](Cc2ccc(OCC=O)cc2)C[C@H](C)C(=O)O)cs1)C(C)C)C(C)CC. The van der Waals surface area contributed by atoms with Gasteiger partial charge >= 0.3 is 5.97 Å². The van der Waals surface area contributed by atoms with Gasteiger partial charge in [0.2, 0.25) is 11.8 Å². The highest BCUT2D eigenvalue weighted by atomic mass is 32.1. The number of aldehydes is 1. The number of likely N-dealkylation sites (N-methyl/N-ethyl adjacent to an activating group) is 2. The zero-order valence-electron chi connectivity index (χ0n) is 32.9. The summed E-state index contributed by atoms with van der Waals surface area (Å²) >= 11 is 1.28. The number of rotatable bonds is 25. The van der Waals surface area contributed by atoms with Crippen molar-refractivity contribution in [1.82, 2.24) is 25.4 Å². The van der Waals surface area contributed by atoms with Gasteiger partial charge in [0.1, 0.15) is 35.2 Å². The van der Waals surface area contributed by atoms with E-state index in [4.69, 9.17) is 9.47 Å².